The Kier molecular flexibility index (Phi) is 4.47. The third kappa shape index (κ3) is 3.55. The number of ether oxygens (including phenoxy) is 1. The topological polar surface area (TPSA) is 41.1 Å². The number of aromatic amines is 1. The van der Waals surface area contributed by atoms with E-state index in [2.05, 4.69) is 22.0 Å². The average molecular weight is 354 g/mol. The molecular formula is C20H20ClN3O. The summed E-state index contributed by atoms with van der Waals surface area (Å²) < 4.78 is 5.22. The molecule has 0 bridgehead atoms. The van der Waals surface area contributed by atoms with Crippen molar-refractivity contribution in [2.75, 3.05) is 13.7 Å². The van der Waals surface area contributed by atoms with Gasteiger partial charge in [0, 0.05) is 36.6 Å². The van der Waals surface area contributed by atoms with Crippen molar-refractivity contribution in [1.29, 1.82) is 0 Å². The van der Waals surface area contributed by atoms with Crippen LogP contribution in [-0.2, 0) is 19.5 Å². The van der Waals surface area contributed by atoms with Gasteiger partial charge in [0.1, 0.15) is 11.6 Å². The normalized spacial score (nSPS) is 14.3. The summed E-state index contributed by atoms with van der Waals surface area (Å²) in [5.41, 5.74) is 4.75. The minimum atomic E-state index is 0.741. The molecule has 2 heterocycles. The Hall–Kier alpha value is -2.30. The van der Waals surface area contributed by atoms with Crippen LogP contribution in [-0.4, -0.2) is 28.5 Å². The molecule has 4 nitrogen and oxygen atoms in total. The van der Waals surface area contributed by atoms with Crippen molar-refractivity contribution in [3.8, 4) is 17.1 Å². The number of hydrogen-bond acceptors (Lipinski definition) is 3. The van der Waals surface area contributed by atoms with Crippen LogP contribution in [0.3, 0.4) is 0 Å². The molecule has 2 aromatic carbocycles. The smallest absolute Gasteiger partial charge is 0.137 e. The van der Waals surface area contributed by atoms with Crippen LogP contribution < -0.4 is 4.74 Å². The highest BCUT2D eigenvalue weighted by Crippen LogP contribution is 2.25. The molecule has 25 heavy (non-hydrogen) atoms. The van der Waals surface area contributed by atoms with Crippen LogP contribution in [0.25, 0.3) is 11.4 Å². The Labute approximate surface area is 152 Å². The molecule has 1 N–H and O–H groups in total. The Morgan fingerprint density at radius 3 is 2.60 bits per heavy atom. The molecule has 0 spiro atoms. The first kappa shape index (κ1) is 16.2. The zero-order valence-electron chi connectivity index (χ0n) is 14.1. The van der Waals surface area contributed by atoms with Crippen molar-refractivity contribution in [2.45, 2.75) is 19.5 Å². The molecule has 0 fully saturated rings. The SMILES string of the molecule is COc1ccc(CN2CCc3nc(-c4ccc(Cl)cc4)[nH]c3C2)cc1. The van der Waals surface area contributed by atoms with Crippen molar-refractivity contribution in [1.82, 2.24) is 14.9 Å². The zero-order valence-corrected chi connectivity index (χ0v) is 14.9. The summed E-state index contributed by atoms with van der Waals surface area (Å²) in [5.74, 6) is 1.82. The van der Waals surface area contributed by atoms with Crippen LogP contribution >= 0.6 is 11.6 Å². The van der Waals surface area contributed by atoms with Gasteiger partial charge in [-0.3, -0.25) is 4.90 Å². The number of nitrogens with one attached hydrogen (secondary N) is 1. The molecule has 5 heteroatoms. The van der Waals surface area contributed by atoms with Gasteiger partial charge in [0.05, 0.1) is 18.5 Å². The lowest BCUT2D eigenvalue weighted by Gasteiger charge is -2.26. The van der Waals surface area contributed by atoms with E-state index in [-0.39, 0.29) is 0 Å². The number of hydrogen-bond donors (Lipinski definition) is 1. The van der Waals surface area contributed by atoms with Crippen molar-refractivity contribution >= 4 is 11.6 Å². The van der Waals surface area contributed by atoms with Gasteiger partial charge in [-0.2, -0.15) is 0 Å². The minimum Gasteiger partial charge on any atom is -0.497 e. The van der Waals surface area contributed by atoms with Gasteiger partial charge in [-0.1, -0.05) is 23.7 Å². The molecule has 1 aliphatic heterocycles. The molecule has 128 valence electrons. The molecule has 0 saturated carbocycles. The predicted molar refractivity (Wildman–Crippen MR) is 99.8 cm³/mol. The van der Waals surface area contributed by atoms with Gasteiger partial charge in [0.15, 0.2) is 0 Å². The second-order valence-corrected chi connectivity index (χ2v) is 6.76. The van der Waals surface area contributed by atoms with E-state index >= 15 is 0 Å². The molecule has 3 aromatic rings. The predicted octanol–water partition coefficient (Wildman–Crippen LogP) is 4.30. The lowest BCUT2D eigenvalue weighted by atomic mass is 10.1. The molecule has 4 rings (SSSR count). The molecular weight excluding hydrogens is 334 g/mol. The van der Waals surface area contributed by atoms with Gasteiger partial charge in [0.25, 0.3) is 0 Å². The van der Waals surface area contributed by atoms with E-state index in [0.717, 1.165) is 48.2 Å². The molecule has 1 aromatic heterocycles. The number of aromatic nitrogens is 2. The molecule has 0 amide bonds. The number of methoxy groups -OCH3 is 1. The molecule has 0 aliphatic carbocycles. The van der Waals surface area contributed by atoms with E-state index in [9.17, 15) is 0 Å². The van der Waals surface area contributed by atoms with Crippen LogP contribution in [0.1, 0.15) is 17.0 Å². The maximum atomic E-state index is 5.97. The van der Waals surface area contributed by atoms with Gasteiger partial charge in [0.2, 0.25) is 0 Å². The highest BCUT2D eigenvalue weighted by molar-refractivity contribution is 6.30. The van der Waals surface area contributed by atoms with E-state index in [1.807, 2.05) is 36.4 Å². The Morgan fingerprint density at radius 1 is 1.12 bits per heavy atom. The summed E-state index contributed by atoms with van der Waals surface area (Å²) in [6.45, 7) is 2.84. The summed E-state index contributed by atoms with van der Waals surface area (Å²) in [4.78, 5) is 10.7. The lowest BCUT2D eigenvalue weighted by Crippen LogP contribution is -2.30. The Morgan fingerprint density at radius 2 is 1.88 bits per heavy atom. The maximum absolute atomic E-state index is 5.97. The van der Waals surface area contributed by atoms with Gasteiger partial charge in [-0.25, -0.2) is 4.98 Å². The summed E-state index contributed by atoms with van der Waals surface area (Å²) in [6.07, 6.45) is 0.968. The average Bonchev–Trinajstić information content (AvgIpc) is 3.06. The first-order chi connectivity index (χ1) is 12.2. The van der Waals surface area contributed by atoms with E-state index < -0.39 is 0 Å². The third-order valence-electron chi connectivity index (χ3n) is 4.59. The number of fused-ring (bicyclic) bond motifs is 1. The van der Waals surface area contributed by atoms with E-state index in [0.29, 0.717) is 0 Å². The third-order valence-corrected chi connectivity index (χ3v) is 4.85. The first-order valence-corrected chi connectivity index (χ1v) is 8.78. The monoisotopic (exact) mass is 353 g/mol. The Bertz CT molecular complexity index is 856. The number of imidazole rings is 1. The molecule has 0 unspecified atom stereocenters. The highest BCUT2D eigenvalue weighted by Gasteiger charge is 2.20. The van der Waals surface area contributed by atoms with Crippen molar-refractivity contribution in [2.24, 2.45) is 0 Å². The number of nitrogens with zero attached hydrogens (tertiary/aromatic N) is 2. The van der Waals surface area contributed by atoms with Crippen LogP contribution in [0.15, 0.2) is 48.5 Å². The Balaban J connectivity index is 1.48. The number of halogens is 1. The maximum Gasteiger partial charge on any atom is 0.137 e. The van der Waals surface area contributed by atoms with Crippen LogP contribution in [0.5, 0.6) is 5.75 Å². The number of H-pyrrole nitrogens is 1. The van der Waals surface area contributed by atoms with Crippen molar-refractivity contribution in [3.05, 3.63) is 70.5 Å². The van der Waals surface area contributed by atoms with Gasteiger partial charge >= 0.3 is 0 Å². The molecule has 0 radical (unpaired) electrons. The number of rotatable bonds is 4. The van der Waals surface area contributed by atoms with E-state index in [1.54, 1.807) is 7.11 Å². The summed E-state index contributed by atoms with van der Waals surface area (Å²) in [6, 6.07) is 16.1. The fourth-order valence-electron chi connectivity index (χ4n) is 3.22. The van der Waals surface area contributed by atoms with Crippen LogP contribution in [0.2, 0.25) is 5.02 Å². The molecule has 1 aliphatic rings. The largest absolute Gasteiger partial charge is 0.497 e. The minimum absolute atomic E-state index is 0.741. The zero-order chi connectivity index (χ0) is 17.2. The van der Waals surface area contributed by atoms with Gasteiger partial charge in [-0.15, -0.1) is 0 Å². The molecule has 0 saturated heterocycles. The first-order valence-electron chi connectivity index (χ1n) is 8.40. The fraction of sp³-hybridized carbons (Fsp3) is 0.250. The van der Waals surface area contributed by atoms with Crippen LogP contribution in [0, 0.1) is 0 Å². The number of benzene rings is 2. The highest BCUT2D eigenvalue weighted by atomic mass is 35.5. The van der Waals surface area contributed by atoms with Crippen molar-refractivity contribution in [3.63, 3.8) is 0 Å². The van der Waals surface area contributed by atoms with Gasteiger partial charge in [-0.05, 0) is 42.0 Å². The van der Waals surface area contributed by atoms with E-state index in [1.165, 1.54) is 17.0 Å². The van der Waals surface area contributed by atoms with E-state index in [4.69, 9.17) is 21.3 Å². The van der Waals surface area contributed by atoms with Gasteiger partial charge < -0.3 is 9.72 Å². The lowest BCUT2D eigenvalue weighted by molar-refractivity contribution is 0.241. The standard InChI is InChI=1S/C20H20ClN3O/c1-25-17-8-2-14(3-9-17)12-24-11-10-18-19(13-24)23-20(22-18)15-4-6-16(21)7-5-15/h2-9H,10-13H2,1H3,(H,22,23). The summed E-state index contributed by atoms with van der Waals surface area (Å²) >= 11 is 5.97. The summed E-state index contributed by atoms with van der Waals surface area (Å²) in [5, 5.41) is 0.741. The second-order valence-electron chi connectivity index (χ2n) is 6.33. The summed E-state index contributed by atoms with van der Waals surface area (Å²) in [7, 11) is 1.69. The van der Waals surface area contributed by atoms with Crippen LogP contribution in [0.4, 0.5) is 0 Å². The quantitative estimate of drug-likeness (QED) is 0.760. The molecule has 0 atom stereocenters. The fourth-order valence-corrected chi connectivity index (χ4v) is 3.34. The second kappa shape index (κ2) is 6.90. The van der Waals surface area contributed by atoms with Crippen molar-refractivity contribution < 1.29 is 4.74 Å².